The van der Waals surface area contributed by atoms with E-state index in [0.717, 1.165) is 11.3 Å². The predicted octanol–water partition coefficient (Wildman–Crippen LogP) is 1.90. The lowest BCUT2D eigenvalue weighted by Gasteiger charge is -2.22. The third kappa shape index (κ3) is 3.51. The molecular weight excluding hydrogens is 202 g/mol. The molecule has 1 aromatic carbocycles. The Kier molecular flexibility index (Phi) is 4.33. The Morgan fingerprint density at radius 1 is 1.38 bits per heavy atom. The summed E-state index contributed by atoms with van der Waals surface area (Å²) in [6.07, 6.45) is 0. The lowest BCUT2D eigenvalue weighted by atomic mass is 10.0. The van der Waals surface area contributed by atoms with Gasteiger partial charge in [-0.15, -0.1) is 0 Å². The first-order chi connectivity index (χ1) is 7.46. The molecule has 0 aliphatic rings. The molecule has 0 aliphatic carbocycles. The summed E-state index contributed by atoms with van der Waals surface area (Å²) >= 11 is 0. The van der Waals surface area contributed by atoms with Gasteiger partial charge in [0.05, 0.1) is 0 Å². The second-order valence-electron chi connectivity index (χ2n) is 4.68. The van der Waals surface area contributed by atoms with E-state index in [9.17, 15) is 5.11 Å². The monoisotopic (exact) mass is 223 g/mol. The normalized spacial score (nSPS) is 14.9. The number of hydrogen-bond acceptors (Lipinski definition) is 3. The topological polar surface area (TPSA) is 55.5 Å². The van der Waals surface area contributed by atoms with Crippen LogP contribution in [0.5, 0.6) is 5.75 Å². The van der Waals surface area contributed by atoms with Gasteiger partial charge in [-0.05, 0) is 24.5 Å². The summed E-state index contributed by atoms with van der Waals surface area (Å²) in [5.41, 5.74) is 5.62. The van der Waals surface area contributed by atoms with Gasteiger partial charge in [-0.3, -0.25) is 0 Å². The van der Waals surface area contributed by atoms with Gasteiger partial charge in [0.1, 0.15) is 18.0 Å². The molecule has 0 aromatic heterocycles. The second kappa shape index (κ2) is 5.32. The largest absolute Gasteiger partial charge is 0.490 e. The maximum atomic E-state index is 9.76. The molecule has 0 heterocycles. The number of hydrogen-bond donors (Lipinski definition) is 2. The Morgan fingerprint density at radius 3 is 2.56 bits per heavy atom. The van der Waals surface area contributed by atoms with Crippen LogP contribution in [-0.4, -0.2) is 23.9 Å². The van der Waals surface area contributed by atoms with Crippen molar-refractivity contribution in [2.45, 2.75) is 32.3 Å². The molecule has 90 valence electrons. The number of nitrogens with two attached hydrogens (primary N) is 1. The van der Waals surface area contributed by atoms with E-state index in [1.807, 2.05) is 24.3 Å². The first-order valence-electron chi connectivity index (χ1n) is 5.60. The molecule has 3 heteroatoms. The van der Waals surface area contributed by atoms with E-state index in [0.29, 0.717) is 5.92 Å². The van der Waals surface area contributed by atoms with Crippen LogP contribution < -0.4 is 10.5 Å². The lowest BCUT2D eigenvalue weighted by Crippen LogP contribution is -2.40. The van der Waals surface area contributed by atoms with Crippen LogP contribution in [-0.2, 0) is 0 Å². The average Bonchev–Trinajstić information content (AvgIpc) is 2.27. The van der Waals surface area contributed by atoms with Crippen LogP contribution in [0.1, 0.15) is 32.3 Å². The van der Waals surface area contributed by atoms with Crippen molar-refractivity contribution >= 4 is 0 Å². The number of para-hydroxylation sites is 1. The summed E-state index contributed by atoms with van der Waals surface area (Å²) in [6.45, 7) is 6.31. The molecule has 0 saturated heterocycles. The van der Waals surface area contributed by atoms with E-state index in [1.54, 1.807) is 6.92 Å². The molecule has 0 spiro atoms. The van der Waals surface area contributed by atoms with Crippen molar-refractivity contribution in [1.82, 2.24) is 0 Å². The smallest absolute Gasteiger partial charge is 0.122 e. The lowest BCUT2D eigenvalue weighted by molar-refractivity contribution is 0.0192. The minimum absolute atomic E-state index is 0.191. The fourth-order valence-electron chi connectivity index (χ4n) is 1.38. The molecule has 1 rings (SSSR count). The van der Waals surface area contributed by atoms with Crippen molar-refractivity contribution in [1.29, 1.82) is 0 Å². The summed E-state index contributed by atoms with van der Waals surface area (Å²) in [6, 6.07) is 7.88. The predicted molar refractivity (Wildman–Crippen MR) is 65.7 cm³/mol. The molecule has 0 amide bonds. The van der Waals surface area contributed by atoms with Gasteiger partial charge in [0.25, 0.3) is 0 Å². The summed E-state index contributed by atoms with van der Waals surface area (Å²) in [5, 5.41) is 9.76. The van der Waals surface area contributed by atoms with Crippen molar-refractivity contribution in [2.75, 3.05) is 13.2 Å². The Balaban J connectivity index is 2.74. The van der Waals surface area contributed by atoms with Gasteiger partial charge in [-0.2, -0.15) is 0 Å². The molecule has 1 aromatic rings. The molecule has 16 heavy (non-hydrogen) atoms. The number of aliphatic hydroxyl groups is 1. The fraction of sp³-hybridized carbons (Fsp3) is 0.538. The second-order valence-corrected chi connectivity index (χ2v) is 4.68. The van der Waals surface area contributed by atoms with E-state index in [1.165, 1.54) is 0 Å². The molecule has 1 atom stereocenters. The summed E-state index contributed by atoms with van der Waals surface area (Å²) in [4.78, 5) is 0. The Hall–Kier alpha value is -1.06. The molecule has 0 saturated carbocycles. The SMILES string of the molecule is CC(C)c1ccccc1OCC(C)(O)CN. The zero-order valence-corrected chi connectivity index (χ0v) is 10.2. The molecule has 3 nitrogen and oxygen atoms in total. The molecule has 0 aliphatic heterocycles. The quantitative estimate of drug-likeness (QED) is 0.801. The number of ether oxygens (including phenoxy) is 1. The third-order valence-electron chi connectivity index (χ3n) is 2.52. The number of rotatable bonds is 5. The van der Waals surface area contributed by atoms with E-state index in [4.69, 9.17) is 10.5 Å². The molecule has 1 unspecified atom stereocenters. The Morgan fingerprint density at radius 2 is 2.00 bits per heavy atom. The highest BCUT2D eigenvalue weighted by molar-refractivity contribution is 5.35. The maximum absolute atomic E-state index is 9.76. The summed E-state index contributed by atoms with van der Waals surface area (Å²) < 4.78 is 5.62. The van der Waals surface area contributed by atoms with Gasteiger partial charge < -0.3 is 15.6 Å². The van der Waals surface area contributed by atoms with Gasteiger partial charge in [-0.25, -0.2) is 0 Å². The molecule has 0 radical (unpaired) electrons. The van der Waals surface area contributed by atoms with E-state index in [2.05, 4.69) is 13.8 Å². The zero-order chi connectivity index (χ0) is 12.2. The van der Waals surface area contributed by atoms with Crippen molar-refractivity contribution in [3.05, 3.63) is 29.8 Å². The van der Waals surface area contributed by atoms with E-state index in [-0.39, 0.29) is 13.2 Å². The van der Waals surface area contributed by atoms with Crippen LogP contribution in [0.2, 0.25) is 0 Å². The first-order valence-corrected chi connectivity index (χ1v) is 5.60. The van der Waals surface area contributed by atoms with Gasteiger partial charge in [0, 0.05) is 6.54 Å². The zero-order valence-electron chi connectivity index (χ0n) is 10.2. The van der Waals surface area contributed by atoms with Crippen LogP contribution in [0.25, 0.3) is 0 Å². The van der Waals surface area contributed by atoms with Gasteiger partial charge >= 0.3 is 0 Å². The fourth-order valence-corrected chi connectivity index (χ4v) is 1.38. The number of benzene rings is 1. The van der Waals surface area contributed by atoms with Crippen molar-refractivity contribution in [3.63, 3.8) is 0 Å². The minimum atomic E-state index is -0.968. The van der Waals surface area contributed by atoms with E-state index >= 15 is 0 Å². The van der Waals surface area contributed by atoms with Crippen molar-refractivity contribution in [2.24, 2.45) is 5.73 Å². The van der Waals surface area contributed by atoms with Crippen LogP contribution in [0.4, 0.5) is 0 Å². The average molecular weight is 223 g/mol. The Bertz CT molecular complexity index is 334. The van der Waals surface area contributed by atoms with Gasteiger partial charge in [0.15, 0.2) is 0 Å². The highest BCUT2D eigenvalue weighted by atomic mass is 16.5. The Labute approximate surface area is 97.2 Å². The van der Waals surface area contributed by atoms with E-state index < -0.39 is 5.60 Å². The summed E-state index contributed by atoms with van der Waals surface area (Å²) in [5.74, 6) is 1.23. The van der Waals surface area contributed by atoms with Crippen LogP contribution in [0, 0.1) is 0 Å². The van der Waals surface area contributed by atoms with Crippen molar-refractivity contribution in [3.8, 4) is 5.75 Å². The minimum Gasteiger partial charge on any atom is -0.490 e. The van der Waals surface area contributed by atoms with Crippen LogP contribution in [0.15, 0.2) is 24.3 Å². The van der Waals surface area contributed by atoms with Crippen LogP contribution >= 0.6 is 0 Å². The highest BCUT2D eigenvalue weighted by Crippen LogP contribution is 2.26. The highest BCUT2D eigenvalue weighted by Gasteiger charge is 2.19. The molecule has 0 bridgehead atoms. The summed E-state index contributed by atoms with van der Waals surface area (Å²) in [7, 11) is 0. The first kappa shape index (κ1) is 13.0. The standard InChI is InChI=1S/C13H21NO2/c1-10(2)11-6-4-5-7-12(11)16-9-13(3,15)8-14/h4-7,10,15H,8-9,14H2,1-3H3. The van der Waals surface area contributed by atoms with Gasteiger partial charge in [-0.1, -0.05) is 32.0 Å². The maximum Gasteiger partial charge on any atom is 0.122 e. The molecule has 0 fully saturated rings. The van der Waals surface area contributed by atoms with Gasteiger partial charge in [0.2, 0.25) is 0 Å². The van der Waals surface area contributed by atoms with Crippen LogP contribution in [0.3, 0.4) is 0 Å². The third-order valence-corrected chi connectivity index (χ3v) is 2.52. The van der Waals surface area contributed by atoms with Crippen molar-refractivity contribution < 1.29 is 9.84 Å². The molecular formula is C13H21NO2. The molecule has 3 N–H and O–H groups in total.